The summed E-state index contributed by atoms with van der Waals surface area (Å²) >= 11 is 0. The number of likely N-dealkylation sites (N-methyl/N-ethyl adjacent to an activating group) is 1. The maximum absolute atomic E-state index is 13.7. The number of rotatable bonds is 5. The molecule has 1 atom stereocenters. The van der Waals surface area contributed by atoms with Crippen LogP contribution in [0, 0.1) is 5.41 Å². The molecule has 1 heterocycles. The Morgan fingerprint density at radius 2 is 1.68 bits per heavy atom. The number of amides is 3. The van der Waals surface area contributed by atoms with Crippen molar-refractivity contribution in [3.05, 3.63) is 65.2 Å². The molecule has 214 valence electrons. The Balaban J connectivity index is 1.66. The monoisotopic (exact) mass is 558 g/mol. The van der Waals surface area contributed by atoms with Crippen molar-refractivity contribution < 1.29 is 32.3 Å². The molecule has 11 heteroatoms. The molecule has 0 aromatic heterocycles. The lowest BCUT2D eigenvalue weighted by Gasteiger charge is -2.30. The number of hydrogen-bond acceptors (Lipinski definition) is 5. The van der Waals surface area contributed by atoms with E-state index in [2.05, 4.69) is 15.6 Å². The summed E-state index contributed by atoms with van der Waals surface area (Å²) in [6.45, 7) is 5.25. The molecule has 2 aliphatic rings. The lowest BCUT2D eigenvalue weighted by molar-refractivity contribution is -0.137. The van der Waals surface area contributed by atoms with Crippen LogP contribution in [0.1, 0.15) is 63.1 Å². The molecule has 1 unspecified atom stereocenters. The number of carbonyl (C=O) groups is 3. The van der Waals surface area contributed by atoms with Crippen LogP contribution in [0.2, 0.25) is 0 Å². The van der Waals surface area contributed by atoms with E-state index in [9.17, 15) is 27.6 Å². The summed E-state index contributed by atoms with van der Waals surface area (Å²) in [7, 11) is 1.56. The highest BCUT2D eigenvalue weighted by Crippen LogP contribution is 2.38. The van der Waals surface area contributed by atoms with Gasteiger partial charge in [0.1, 0.15) is 5.60 Å². The molecule has 0 spiro atoms. The van der Waals surface area contributed by atoms with Crippen LogP contribution in [-0.2, 0) is 20.5 Å². The number of alkyl halides is 3. The van der Waals surface area contributed by atoms with Crippen molar-refractivity contribution in [2.24, 2.45) is 10.4 Å². The highest BCUT2D eigenvalue weighted by Gasteiger charge is 2.44. The zero-order valence-electron chi connectivity index (χ0n) is 22.9. The summed E-state index contributed by atoms with van der Waals surface area (Å²) in [6, 6.07) is 11.4. The minimum Gasteiger partial charge on any atom is -0.444 e. The van der Waals surface area contributed by atoms with Gasteiger partial charge in [0.05, 0.1) is 22.4 Å². The van der Waals surface area contributed by atoms with Crippen LogP contribution in [0.15, 0.2) is 53.5 Å². The Morgan fingerprint density at radius 1 is 1.05 bits per heavy atom. The van der Waals surface area contributed by atoms with E-state index in [1.807, 2.05) is 0 Å². The van der Waals surface area contributed by atoms with E-state index in [0.717, 1.165) is 25.0 Å². The van der Waals surface area contributed by atoms with Crippen LogP contribution in [0.4, 0.5) is 23.7 Å². The summed E-state index contributed by atoms with van der Waals surface area (Å²) in [4.78, 5) is 45.5. The van der Waals surface area contributed by atoms with E-state index >= 15 is 0 Å². The number of nitrogens with one attached hydrogen (secondary N) is 2. The highest BCUT2D eigenvalue weighted by atomic mass is 19.4. The van der Waals surface area contributed by atoms with Gasteiger partial charge in [-0.1, -0.05) is 43.2 Å². The molecular formula is C29H33F3N4O4. The maximum Gasteiger partial charge on any atom is 0.416 e. The molecule has 2 N–H and O–H groups in total. The van der Waals surface area contributed by atoms with Crippen molar-refractivity contribution in [1.82, 2.24) is 10.6 Å². The quantitative estimate of drug-likeness (QED) is 0.537. The summed E-state index contributed by atoms with van der Waals surface area (Å²) in [5.41, 5.74) is -0.784. The third-order valence-electron chi connectivity index (χ3n) is 7.11. The minimum atomic E-state index is -4.50. The molecule has 0 bridgehead atoms. The summed E-state index contributed by atoms with van der Waals surface area (Å²) < 4.78 is 44.9. The molecule has 2 aromatic carbocycles. The second-order valence-corrected chi connectivity index (χ2v) is 11.2. The maximum atomic E-state index is 13.7. The predicted octanol–water partition coefficient (Wildman–Crippen LogP) is 5.05. The van der Waals surface area contributed by atoms with Gasteiger partial charge in [-0.3, -0.25) is 9.59 Å². The summed E-state index contributed by atoms with van der Waals surface area (Å²) in [5, 5.41) is 5.47. The normalized spacial score (nSPS) is 18.9. The lowest BCUT2D eigenvalue weighted by atomic mass is 9.85. The van der Waals surface area contributed by atoms with Gasteiger partial charge < -0.3 is 20.3 Å². The Kier molecular flexibility index (Phi) is 7.96. The Hall–Kier alpha value is -3.89. The summed E-state index contributed by atoms with van der Waals surface area (Å²) in [5.74, 6) is -0.940. The molecule has 1 aliphatic heterocycles. The van der Waals surface area contributed by atoms with Gasteiger partial charge in [-0.05, 0) is 51.8 Å². The largest absolute Gasteiger partial charge is 0.444 e. The van der Waals surface area contributed by atoms with E-state index < -0.39 is 46.8 Å². The number of carbonyl (C=O) groups excluding carboxylic acids is 3. The Bertz CT molecular complexity index is 1310. The number of hydrogen-bond donors (Lipinski definition) is 2. The minimum absolute atomic E-state index is 0.0280. The van der Waals surface area contributed by atoms with Gasteiger partial charge in [-0.2, -0.15) is 13.2 Å². The van der Waals surface area contributed by atoms with Gasteiger partial charge in [0.15, 0.2) is 0 Å². The number of ether oxygens (including phenoxy) is 1. The van der Waals surface area contributed by atoms with Crippen molar-refractivity contribution in [2.75, 3.05) is 18.5 Å². The first-order chi connectivity index (χ1) is 18.7. The number of fused-ring (bicyclic) bond motifs is 1. The molecule has 1 fully saturated rings. The van der Waals surface area contributed by atoms with Crippen LogP contribution >= 0.6 is 0 Å². The average molecular weight is 559 g/mol. The lowest BCUT2D eigenvalue weighted by Crippen LogP contribution is -2.53. The fourth-order valence-corrected chi connectivity index (χ4v) is 5.03. The van der Waals surface area contributed by atoms with Gasteiger partial charge in [0, 0.05) is 24.7 Å². The molecule has 8 nitrogen and oxygen atoms in total. The van der Waals surface area contributed by atoms with Gasteiger partial charge >= 0.3 is 12.3 Å². The second kappa shape index (κ2) is 10.9. The second-order valence-electron chi connectivity index (χ2n) is 11.2. The molecule has 3 amide bonds. The zero-order valence-corrected chi connectivity index (χ0v) is 22.9. The number of benzodiazepines with no additional fused rings is 1. The number of alkyl carbamates (subject to hydrolysis) is 1. The van der Waals surface area contributed by atoms with Crippen molar-refractivity contribution in [3.63, 3.8) is 0 Å². The SMILES string of the molecule is CN1C(=O)C(NC(=O)C2(CNC(=O)OC(C)(C)C)CCCC2)N=C(c2ccc(C(F)(F)F)cc2)c2ccccc21. The van der Waals surface area contributed by atoms with Crippen molar-refractivity contribution in [2.45, 2.75) is 64.4 Å². The Labute approximate surface area is 231 Å². The topological polar surface area (TPSA) is 100 Å². The fraction of sp³-hybridized carbons (Fsp3) is 0.448. The first-order valence-corrected chi connectivity index (χ1v) is 13.1. The number of anilines is 1. The van der Waals surface area contributed by atoms with Crippen molar-refractivity contribution in [1.29, 1.82) is 0 Å². The van der Waals surface area contributed by atoms with E-state index in [0.29, 0.717) is 29.7 Å². The smallest absolute Gasteiger partial charge is 0.416 e. The van der Waals surface area contributed by atoms with Crippen molar-refractivity contribution >= 4 is 29.3 Å². The van der Waals surface area contributed by atoms with E-state index in [4.69, 9.17) is 4.74 Å². The number of benzene rings is 2. The predicted molar refractivity (Wildman–Crippen MR) is 144 cm³/mol. The zero-order chi connectivity index (χ0) is 29.3. The third kappa shape index (κ3) is 6.29. The van der Waals surface area contributed by atoms with Gasteiger partial charge in [-0.25, -0.2) is 9.79 Å². The standard InChI is InChI=1S/C29H33F3N4O4/c1-27(2,3)40-26(39)33-17-28(15-7-8-16-28)25(38)35-23-24(37)36(4)21-10-6-5-9-20(21)22(34-23)18-11-13-19(14-12-18)29(30,31)32/h5-6,9-14,23H,7-8,15-17H2,1-4H3,(H,33,39)(H,35,38). The van der Waals surface area contributed by atoms with E-state index in [1.54, 1.807) is 52.1 Å². The fourth-order valence-electron chi connectivity index (χ4n) is 5.03. The number of aliphatic imine (C=N–C) groups is 1. The van der Waals surface area contributed by atoms with Gasteiger partial charge in [0.2, 0.25) is 12.1 Å². The molecule has 0 radical (unpaired) electrons. The molecule has 4 rings (SSSR count). The molecule has 0 saturated heterocycles. The summed E-state index contributed by atoms with van der Waals surface area (Å²) in [6.07, 6.45) is -3.93. The highest BCUT2D eigenvalue weighted by molar-refractivity contribution is 6.20. The molecule has 40 heavy (non-hydrogen) atoms. The molecule has 1 aliphatic carbocycles. The van der Waals surface area contributed by atoms with Crippen LogP contribution < -0.4 is 15.5 Å². The first kappa shape index (κ1) is 29.1. The van der Waals surface area contributed by atoms with Crippen LogP contribution in [0.25, 0.3) is 0 Å². The van der Waals surface area contributed by atoms with Crippen LogP contribution in [0.5, 0.6) is 0 Å². The average Bonchev–Trinajstić information content (AvgIpc) is 3.34. The first-order valence-electron chi connectivity index (χ1n) is 13.1. The Morgan fingerprint density at radius 3 is 2.27 bits per heavy atom. The molecule has 1 saturated carbocycles. The van der Waals surface area contributed by atoms with Gasteiger partial charge in [-0.15, -0.1) is 0 Å². The third-order valence-corrected chi connectivity index (χ3v) is 7.11. The number of nitrogens with zero attached hydrogens (tertiary/aromatic N) is 2. The van der Waals surface area contributed by atoms with Crippen molar-refractivity contribution in [3.8, 4) is 0 Å². The van der Waals surface area contributed by atoms with Crippen LogP contribution in [-0.4, -0.2) is 49.0 Å². The van der Waals surface area contributed by atoms with E-state index in [1.165, 1.54) is 17.0 Å². The molecular weight excluding hydrogens is 525 g/mol. The van der Waals surface area contributed by atoms with Crippen LogP contribution in [0.3, 0.4) is 0 Å². The number of para-hydroxylation sites is 1. The number of halogens is 3. The van der Waals surface area contributed by atoms with Gasteiger partial charge in [0.25, 0.3) is 5.91 Å². The molecule has 2 aromatic rings. The van der Waals surface area contributed by atoms with E-state index in [-0.39, 0.29) is 12.3 Å².